The van der Waals surface area contributed by atoms with Gasteiger partial charge in [-0.1, -0.05) is 0 Å². The second-order valence-corrected chi connectivity index (χ2v) is 9.41. The fourth-order valence-electron chi connectivity index (χ4n) is 2.28. The maximum absolute atomic E-state index is 12.4. The molecule has 0 bridgehead atoms. The van der Waals surface area contributed by atoms with Crippen LogP contribution in [0.15, 0.2) is 52.3 Å². The highest BCUT2D eigenvalue weighted by atomic mass is 32.2. The van der Waals surface area contributed by atoms with E-state index in [2.05, 4.69) is 9.44 Å². The molecule has 0 aromatic heterocycles. The summed E-state index contributed by atoms with van der Waals surface area (Å²) in [7, 11) is -7.75. The SMILES string of the molecule is O=C(O)c1ccc(NS(=O)(=O)c2ccc(S(=O)(=O)NC3CC3)cc2)cc1O. The molecule has 2 aromatic carbocycles. The molecule has 11 heteroatoms. The number of anilines is 1. The van der Waals surface area contributed by atoms with E-state index in [1.165, 1.54) is 18.2 Å². The second kappa shape index (κ2) is 6.83. The molecule has 0 aliphatic heterocycles. The van der Waals surface area contributed by atoms with Crippen molar-refractivity contribution in [1.29, 1.82) is 0 Å². The Morgan fingerprint density at radius 1 is 0.926 bits per heavy atom. The minimum absolute atomic E-state index is 0.0374. The van der Waals surface area contributed by atoms with E-state index in [0.717, 1.165) is 37.1 Å². The average molecular weight is 412 g/mol. The van der Waals surface area contributed by atoms with Crippen molar-refractivity contribution in [2.75, 3.05) is 4.72 Å². The molecule has 1 fully saturated rings. The number of aromatic hydroxyl groups is 1. The van der Waals surface area contributed by atoms with E-state index in [9.17, 15) is 26.7 Å². The van der Waals surface area contributed by atoms with Crippen LogP contribution < -0.4 is 9.44 Å². The smallest absolute Gasteiger partial charge is 0.339 e. The first-order chi connectivity index (χ1) is 12.6. The third-order valence-corrected chi connectivity index (χ3v) is 6.76. The van der Waals surface area contributed by atoms with Gasteiger partial charge >= 0.3 is 5.97 Å². The zero-order valence-corrected chi connectivity index (χ0v) is 15.4. The summed E-state index contributed by atoms with van der Waals surface area (Å²) in [5.74, 6) is -1.94. The van der Waals surface area contributed by atoms with E-state index in [-0.39, 0.29) is 27.1 Å². The third kappa shape index (κ3) is 4.38. The van der Waals surface area contributed by atoms with Gasteiger partial charge in [0.1, 0.15) is 11.3 Å². The molecular weight excluding hydrogens is 396 g/mol. The summed E-state index contributed by atoms with van der Waals surface area (Å²) in [6.07, 6.45) is 1.56. The van der Waals surface area contributed by atoms with Gasteiger partial charge in [0.2, 0.25) is 10.0 Å². The lowest BCUT2D eigenvalue weighted by Crippen LogP contribution is -2.25. The van der Waals surface area contributed by atoms with Gasteiger partial charge in [-0.2, -0.15) is 0 Å². The molecule has 0 atom stereocenters. The number of rotatable bonds is 7. The number of benzene rings is 2. The number of hydrogen-bond acceptors (Lipinski definition) is 6. The Balaban J connectivity index is 1.80. The lowest BCUT2D eigenvalue weighted by Gasteiger charge is -2.10. The van der Waals surface area contributed by atoms with Crippen molar-refractivity contribution >= 4 is 31.7 Å². The van der Waals surface area contributed by atoms with E-state index in [4.69, 9.17) is 5.11 Å². The highest BCUT2D eigenvalue weighted by Gasteiger charge is 2.28. The standard InChI is InChI=1S/C16H16N2O7S2/c19-15-9-11(3-8-14(15)16(20)21)18-27(24,25)13-6-4-12(5-7-13)26(22,23)17-10-1-2-10/h3-10,17-19H,1-2H2,(H,20,21). The van der Waals surface area contributed by atoms with Crippen molar-refractivity contribution in [1.82, 2.24) is 4.72 Å². The minimum Gasteiger partial charge on any atom is -0.507 e. The largest absolute Gasteiger partial charge is 0.507 e. The van der Waals surface area contributed by atoms with Crippen LogP contribution >= 0.6 is 0 Å². The van der Waals surface area contributed by atoms with Gasteiger partial charge in [0.25, 0.3) is 10.0 Å². The minimum atomic E-state index is -4.06. The van der Waals surface area contributed by atoms with Crippen LogP contribution in [0.25, 0.3) is 0 Å². The molecule has 0 radical (unpaired) electrons. The van der Waals surface area contributed by atoms with E-state index in [0.29, 0.717) is 0 Å². The van der Waals surface area contributed by atoms with Crippen molar-refractivity contribution in [3.05, 3.63) is 48.0 Å². The summed E-state index contributed by atoms with van der Waals surface area (Å²) >= 11 is 0. The maximum atomic E-state index is 12.4. The summed E-state index contributed by atoms with van der Waals surface area (Å²) in [5, 5.41) is 18.5. The summed E-state index contributed by atoms with van der Waals surface area (Å²) in [6, 6.07) is 7.83. The van der Waals surface area contributed by atoms with Crippen molar-refractivity contribution in [2.24, 2.45) is 0 Å². The second-order valence-electron chi connectivity index (χ2n) is 6.01. The Bertz CT molecular complexity index is 1090. The van der Waals surface area contributed by atoms with E-state index >= 15 is 0 Å². The van der Waals surface area contributed by atoms with Crippen molar-refractivity contribution in [3.63, 3.8) is 0 Å². The molecule has 0 saturated heterocycles. The van der Waals surface area contributed by atoms with Crippen LogP contribution in [0.5, 0.6) is 5.75 Å². The third-order valence-electron chi connectivity index (χ3n) is 3.82. The molecule has 1 aliphatic carbocycles. The first kappa shape index (κ1) is 19.1. The molecule has 144 valence electrons. The van der Waals surface area contributed by atoms with Gasteiger partial charge in [0.05, 0.1) is 15.5 Å². The van der Waals surface area contributed by atoms with Crippen LogP contribution in [-0.4, -0.2) is 39.1 Å². The first-order valence-corrected chi connectivity index (χ1v) is 10.8. The lowest BCUT2D eigenvalue weighted by molar-refractivity contribution is 0.0693. The Labute approximate surface area is 155 Å². The molecule has 0 spiro atoms. The predicted molar refractivity (Wildman–Crippen MR) is 95.7 cm³/mol. The zero-order valence-electron chi connectivity index (χ0n) is 13.8. The highest BCUT2D eigenvalue weighted by molar-refractivity contribution is 7.92. The van der Waals surface area contributed by atoms with Gasteiger partial charge in [-0.15, -0.1) is 0 Å². The topological polar surface area (TPSA) is 150 Å². The number of hydrogen-bond donors (Lipinski definition) is 4. The number of carboxylic acid groups (broad SMARTS) is 1. The van der Waals surface area contributed by atoms with Crippen molar-refractivity contribution < 1.29 is 31.8 Å². The number of phenols is 1. The molecule has 4 N–H and O–H groups in total. The fraction of sp³-hybridized carbons (Fsp3) is 0.188. The summed E-state index contributed by atoms with van der Waals surface area (Å²) < 4.78 is 53.7. The maximum Gasteiger partial charge on any atom is 0.339 e. The zero-order chi connectivity index (χ0) is 19.8. The summed E-state index contributed by atoms with van der Waals surface area (Å²) in [4.78, 5) is 10.6. The summed E-state index contributed by atoms with van der Waals surface area (Å²) in [6.45, 7) is 0. The molecule has 0 unspecified atom stereocenters. The van der Waals surface area contributed by atoms with E-state index in [1.54, 1.807) is 0 Å². The van der Waals surface area contributed by atoms with Crippen molar-refractivity contribution in [3.8, 4) is 5.75 Å². The molecule has 27 heavy (non-hydrogen) atoms. The highest BCUT2D eigenvalue weighted by Crippen LogP contribution is 2.25. The van der Waals surface area contributed by atoms with Gasteiger partial charge in [0, 0.05) is 12.1 Å². The number of nitrogens with one attached hydrogen (secondary N) is 2. The van der Waals surface area contributed by atoms with Crippen LogP contribution in [-0.2, 0) is 20.0 Å². The molecular formula is C16H16N2O7S2. The van der Waals surface area contributed by atoms with E-state index in [1.807, 2.05) is 0 Å². The predicted octanol–water partition coefficient (Wildman–Crippen LogP) is 1.33. The first-order valence-electron chi connectivity index (χ1n) is 7.80. The van der Waals surface area contributed by atoms with Crippen LogP contribution in [0.4, 0.5) is 5.69 Å². The number of aromatic carboxylic acids is 1. The van der Waals surface area contributed by atoms with Gasteiger partial charge in [-0.25, -0.2) is 26.4 Å². The Morgan fingerprint density at radius 3 is 1.96 bits per heavy atom. The normalized spacial score (nSPS) is 14.7. The fourth-order valence-corrected chi connectivity index (χ4v) is 4.63. The van der Waals surface area contributed by atoms with Gasteiger partial charge in [-0.05, 0) is 49.2 Å². The molecule has 9 nitrogen and oxygen atoms in total. The summed E-state index contributed by atoms with van der Waals surface area (Å²) in [5.41, 5.74) is -0.403. The lowest BCUT2D eigenvalue weighted by atomic mass is 10.2. The quantitative estimate of drug-likeness (QED) is 0.536. The van der Waals surface area contributed by atoms with Gasteiger partial charge < -0.3 is 10.2 Å². The average Bonchev–Trinajstić information content (AvgIpc) is 3.37. The van der Waals surface area contributed by atoms with E-state index < -0.39 is 31.8 Å². The van der Waals surface area contributed by atoms with Crippen molar-refractivity contribution in [2.45, 2.75) is 28.7 Å². The molecule has 3 rings (SSSR count). The molecule has 0 heterocycles. The van der Waals surface area contributed by atoms with Gasteiger partial charge in [0.15, 0.2) is 0 Å². The number of carbonyl (C=O) groups is 1. The molecule has 0 amide bonds. The monoisotopic (exact) mass is 412 g/mol. The number of sulfonamides is 2. The Hall–Kier alpha value is -2.63. The molecule has 1 aliphatic rings. The Kier molecular flexibility index (Phi) is 4.84. The van der Waals surface area contributed by atoms with Crippen LogP contribution in [0.2, 0.25) is 0 Å². The van der Waals surface area contributed by atoms with Gasteiger partial charge in [-0.3, -0.25) is 4.72 Å². The molecule has 1 saturated carbocycles. The van der Waals surface area contributed by atoms with Crippen LogP contribution in [0.3, 0.4) is 0 Å². The Morgan fingerprint density at radius 2 is 1.48 bits per heavy atom. The van der Waals surface area contributed by atoms with Crippen LogP contribution in [0, 0.1) is 0 Å². The number of carboxylic acids is 1. The molecule has 2 aromatic rings. The van der Waals surface area contributed by atoms with Crippen LogP contribution in [0.1, 0.15) is 23.2 Å².